The predicted octanol–water partition coefficient (Wildman–Crippen LogP) is 8.44. The van der Waals surface area contributed by atoms with Gasteiger partial charge in [0.2, 0.25) is 13.9 Å². The highest BCUT2D eigenvalue weighted by Crippen LogP contribution is 2.51. The third-order valence-electron chi connectivity index (χ3n) is 9.39. The number of ether oxygens (including phenoxy) is 5. The molecule has 1 fully saturated rings. The second-order valence-corrected chi connectivity index (χ2v) is 24.5. The molecule has 0 unspecified atom stereocenters. The summed E-state index contributed by atoms with van der Waals surface area (Å²) in [4.78, 5) is 15.2. The first kappa shape index (κ1) is 39.8. The van der Waals surface area contributed by atoms with Crippen molar-refractivity contribution >= 4 is 22.6 Å². The molecule has 50 heavy (non-hydrogen) atoms. The second-order valence-electron chi connectivity index (χ2n) is 15.4. The standard InChI is InChI=1S/C40H56O8Si2/c1-11-39(48-50(9,10)38(2,3)4,30-43-27-31-21-15-12-16-22-31)40(37(41)47-49(6,7)8)35(45-29-33-25-19-14-20-26-33)34(36(42-5)46-40)44-28-32-23-17-13-18-24-32/h11-26,34-36H,1,27-30H2,2-10H3/t34-,35-,36-,39-,40+/m1/s1. The number of carbonyl (C=O) groups is 1. The molecule has 0 spiro atoms. The molecule has 0 radical (unpaired) electrons. The summed E-state index contributed by atoms with van der Waals surface area (Å²) in [5.74, 6) is -0.621. The molecular formula is C40H56O8Si2. The average molecular weight is 721 g/mol. The van der Waals surface area contributed by atoms with Gasteiger partial charge in [0.05, 0.1) is 26.4 Å². The Balaban J connectivity index is 1.93. The lowest BCUT2D eigenvalue weighted by Gasteiger charge is -2.52. The van der Waals surface area contributed by atoms with Crippen molar-refractivity contribution in [3.8, 4) is 0 Å². The van der Waals surface area contributed by atoms with Crippen molar-refractivity contribution in [2.45, 2.75) is 108 Å². The van der Waals surface area contributed by atoms with Gasteiger partial charge in [-0.1, -0.05) is 118 Å². The molecule has 272 valence electrons. The van der Waals surface area contributed by atoms with Crippen molar-refractivity contribution in [1.82, 2.24) is 0 Å². The van der Waals surface area contributed by atoms with Crippen LogP contribution in [-0.4, -0.2) is 66.0 Å². The van der Waals surface area contributed by atoms with Gasteiger partial charge in [-0.15, -0.1) is 6.58 Å². The molecule has 0 bridgehead atoms. The molecule has 10 heteroatoms. The van der Waals surface area contributed by atoms with Crippen molar-refractivity contribution in [2.75, 3.05) is 13.7 Å². The van der Waals surface area contributed by atoms with Gasteiger partial charge in [0.15, 0.2) is 14.6 Å². The third kappa shape index (κ3) is 9.29. The van der Waals surface area contributed by atoms with Gasteiger partial charge in [0.25, 0.3) is 0 Å². The molecule has 3 aromatic carbocycles. The zero-order valence-electron chi connectivity index (χ0n) is 31.3. The molecule has 0 N–H and O–H groups in total. The monoisotopic (exact) mass is 720 g/mol. The van der Waals surface area contributed by atoms with Gasteiger partial charge in [0, 0.05) is 7.11 Å². The molecule has 1 aliphatic heterocycles. The highest BCUT2D eigenvalue weighted by molar-refractivity contribution is 6.74. The zero-order chi connectivity index (χ0) is 36.6. The summed E-state index contributed by atoms with van der Waals surface area (Å²) in [6, 6.07) is 29.5. The topological polar surface area (TPSA) is 81.7 Å². The van der Waals surface area contributed by atoms with Crippen LogP contribution in [0.5, 0.6) is 0 Å². The van der Waals surface area contributed by atoms with Gasteiger partial charge in [-0.2, -0.15) is 0 Å². The van der Waals surface area contributed by atoms with Crippen LogP contribution < -0.4 is 0 Å². The molecular weight excluding hydrogens is 665 g/mol. The molecule has 5 atom stereocenters. The fourth-order valence-corrected chi connectivity index (χ4v) is 8.00. The summed E-state index contributed by atoms with van der Waals surface area (Å²) in [5, 5.41) is -0.257. The number of hydrogen-bond acceptors (Lipinski definition) is 8. The lowest BCUT2D eigenvalue weighted by molar-refractivity contribution is -0.243. The molecule has 1 heterocycles. The van der Waals surface area contributed by atoms with E-state index in [9.17, 15) is 0 Å². The third-order valence-corrected chi connectivity index (χ3v) is 14.7. The first-order valence-corrected chi connectivity index (χ1v) is 23.6. The summed E-state index contributed by atoms with van der Waals surface area (Å²) >= 11 is 0. The largest absolute Gasteiger partial charge is 0.518 e. The van der Waals surface area contributed by atoms with Crippen molar-refractivity contribution < 1.29 is 37.3 Å². The van der Waals surface area contributed by atoms with E-state index in [1.165, 1.54) is 7.11 Å². The Morgan fingerprint density at radius 1 is 0.800 bits per heavy atom. The zero-order valence-corrected chi connectivity index (χ0v) is 33.3. The van der Waals surface area contributed by atoms with Crippen LogP contribution >= 0.6 is 0 Å². The number of methoxy groups -OCH3 is 1. The minimum atomic E-state index is -2.72. The van der Waals surface area contributed by atoms with Crippen LogP contribution in [0.1, 0.15) is 37.5 Å². The maximum atomic E-state index is 15.2. The molecule has 3 aromatic rings. The van der Waals surface area contributed by atoms with Gasteiger partial charge >= 0.3 is 5.97 Å². The van der Waals surface area contributed by atoms with Gasteiger partial charge in [-0.05, 0) is 54.5 Å². The number of hydrogen-bond donors (Lipinski definition) is 0. The Morgan fingerprint density at radius 3 is 1.72 bits per heavy atom. The summed E-state index contributed by atoms with van der Waals surface area (Å²) < 4.78 is 46.7. The van der Waals surface area contributed by atoms with E-state index in [1.807, 2.05) is 111 Å². The Bertz CT molecular complexity index is 1510. The molecule has 0 saturated carbocycles. The highest BCUT2D eigenvalue weighted by atomic mass is 28.4. The van der Waals surface area contributed by atoms with Crippen molar-refractivity contribution in [1.29, 1.82) is 0 Å². The summed E-state index contributed by atoms with van der Waals surface area (Å²) in [6.45, 7) is 21.5. The summed E-state index contributed by atoms with van der Waals surface area (Å²) in [7, 11) is -3.71. The van der Waals surface area contributed by atoms with E-state index < -0.39 is 52.3 Å². The van der Waals surface area contributed by atoms with Crippen molar-refractivity contribution in [3.05, 3.63) is 120 Å². The predicted molar refractivity (Wildman–Crippen MR) is 201 cm³/mol. The minimum absolute atomic E-state index is 0.0776. The van der Waals surface area contributed by atoms with E-state index >= 15 is 4.79 Å². The maximum Gasteiger partial charge on any atom is 0.331 e. The molecule has 4 rings (SSSR count). The van der Waals surface area contributed by atoms with Crippen LogP contribution in [0.3, 0.4) is 0 Å². The van der Waals surface area contributed by atoms with Crippen LogP contribution in [-0.2, 0) is 57.2 Å². The van der Waals surface area contributed by atoms with Crippen molar-refractivity contribution in [3.63, 3.8) is 0 Å². The van der Waals surface area contributed by atoms with E-state index in [1.54, 1.807) is 6.08 Å². The minimum Gasteiger partial charge on any atom is -0.518 e. The lowest BCUT2D eigenvalue weighted by atomic mass is 9.78. The molecule has 1 saturated heterocycles. The maximum absolute atomic E-state index is 15.2. The molecule has 0 amide bonds. The first-order valence-electron chi connectivity index (χ1n) is 17.3. The Labute approximate surface area is 301 Å². The van der Waals surface area contributed by atoms with E-state index in [4.69, 9.17) is 32.5 Å². The SMILES string of the molecule is C=C[C@](COCc1ccccc1)(O[Si](C)(C)C(C)(C)C)[C@]1(C(=O)O[Si](C)(C)C)O[C@@H](OC)[C@H](OCc2ccccc2)[C@H]1OCc1ccccc1. The summed E-state index contributed by atoms with van der Waals surface area (Å²) in [6.07, 6.45) is -1.31. The smallest absolute Gasteiger partial charge is 0.331 e. The van der Waals surface area contributed by atoms with Crippen LogP contribution in [0.2, 0.25) is 37.8 Å². The molecule has 0 aliphatic carbocycles. The van der Waals surface area contributed by atoms with Crippen molar-refractivity contribution in [2.24, 2.45) is 0 Å². The lowest BCUT2D eigenvalue weighted by Crippen LogP contribution is -2.72. The van der Waals surface area contributed by atoms with E-state index in [2.05, 4.69) is 40.4 Å². The van der Waals surface area contributed by atoms with Crippen LogP contribution in [0, 0.1) is 0 Å². The molecule has 1 aliphatic rings. The molecule has 8 nitrogen and oxygen atoms in total. The normalized spacial score (nSPS) is 22.5. The number of benzene rings is 3. The Kier molecular flexibility index (Phi) is 13.2. The van der Waals surface area contributed by atoms with Crippen LogP contribution in [0.4, 0.5) is 0 Å². The highest BCUT2D eigenvalue weighted by Gasteiger charge is 2.73. The van der Waals surface area contributed by atoms with E-state index in [0.29, 0.717) is 0 Å². The number of rotatable bonds is 17. The van der Waals surface area contributed by atoms with Crippen LogP contribution in [0.15, 0.2) is 104 Å². The fraction of sp³-hybridized carbons (Fsp3) is 0.475. The fourth-order valence-electron chi connectivity index (χ4n) is 5.78. The Morgan fingerprint density at radius 2 is 1.28 bits per heavy atom. The second kappa shape index (κ2) is 16.6. The van der Waals surface area contributed by atoms with E-state index in [-0.39, 0.29) is 31.5 Å². The van der Waals surface area contributed by atoms with Crippen LogP contribution in [0.25, 0.3) is 0 Å². The van der Waals surface area contributed by atoms with Gasteiger partial charge < -0.3 is 32.5 Å². The van der Waals surface area contributed by atoms with Gasteiger partial charge in [-0.25, -0.2) is 4.79 Å². The average Bonchev–Trinajstić information content (AvgIpc) is 3.40. The Hall–Kier alpha value is -2.94. The molecule has 0 aromatic heterocycles. The van der Waals surface area contributed by atoms with Gasteiger partial charge in [-0.3, -0.25) is 0 Å². The van der Waals surface area contributed by atoms with Gasteiger partial charge in [0.1, 0.15) is 17.8 Å². The number of carbonyl (C=O) groups excluding carboxylic acids is 1. The van der Waals surface area contributed by atoms with E-state index in [0.717, 1.165) is 16.7 Å². The first-order chi connectivity index (χ1) is 23.6. The quantitative estimate of drug-likeness (QED) is 0.102. The summed E-state index contributed by atoms with van der Waals surface area (Å²) in [5.41, 5.74) is -0.704.